The Morgan fingerprint density at radius 2 is 2.21 bits per heavy atom. The lowest BCUT2D eigenvalue weighted by Crippen LogP contribution is -1.86. The van der Waals surface area contributed by atoms with Crippen LogP contribution in [0.25, 0.3) is 6.08 Å². The van der Waals surface area contributed by atoms with Crippen LogP contribution in [0.15, 0.2) is 23.8 Å². The SMILES string of the molecule is COc1cc(C=C(C)CO)ccc1O. The van der Waals surface area contributed by atoms with Crippen LogP contribution in [0.3, 0.4) is 0 Å². The number of methoxy groups -OCH3 is 1. The van der Waals surface area contributed by atoms with E-state index < -0.39 is 0 Å². The van der Waals surface area contributed by atoms with E-state index in [1.807, 2.05) is 13.0 Å². The average Bonchev–Trinajstić information content (AvgIpc) is 2.20. The van der Waals surface area contributed by atoms with Gasteiger partial charge in [0.15, 0.2) is 11.5 Å². The Bertz CT molecular complexity index is 342. The van der Waals surface area contributed by atoms with Gasteiger partial charge in [-0.1, -0.05) is 12.1 Å². The monoisotopic (exact) mass is 194 g/mol. The molecular weight excluding hydrogens is 180 g/mol. The molecule has 14 heavy (non-hydrogen) atoms. The van der Waals surface area contributed by atoms with E-state index in [1.165, 1.54) is 7.11 Å². The second-order valence-corrected chi connectivity index (χ2v) is 3.08. The zero-order valence-electron chi connectivity index (χ0n) is 8.32. The van der Waals surface area contributed by atoms with E-state index in [-0.39, 0.29) is 12.4 Å². The van der Waals surface area contributed by atoms with Gasteiger partial charge in [-0.2, -0.15) is 0 Å². The minimum atomic E-state index is 0.0309. The van der Waals surface area contributed by atoms with Crippen LogP contribution in [0.2, 0.25) is 0 Å². The third kappa shape index (κ3) is 2.50. The quantitative estimate of drug-likeness (QED) is 0.771. The topological polar surface area (TPSA) is 49.7 Å². The van der Waals surface area contributed by atoms with Crippen molar-refractivity contribution < 1.29 is 14.9 Å². The highest BCUT2D eigenvalue weighted by Crippen LogP contribution is 2.27. The van der Waals surface area contributed by atoms with E-state index in [0.29, 0.717) is 5.75 Å². The molecule has 2 N–H and O–H groups in total. The van der Waals surface area contributed by atoms with Crippen LogP contribution in [0.1, 0.15) is 12.5 Å². The number of ether oxygens (including phenoxy) is 1. The zero-order chi connectivity index (χ0) is 10.6. The summed E-state index contributed by atoms with van der Waals surface area (Å²) >= 11 is 0. The van der Waals surface area contributed by atoms with E-state index in [1.54, 1.807) is 18.2 Å². The van der Waals surface area contributed by atoms with Gasteiger partial charge in [-0.25, -0.2) is 0 Å². The summed E-state index contributed by atoms with van der Waals surface area (Å²) in [5, 5.41) is 18.2. The Kier molecular flexibility index (Phi) is 3.54. The van der Waals surface area contributed by atoms with Gasteiger partial charge in [-0.15, -0.1) is 0 Å². The van der Waals surface area contributed by atoms with Crippen LogP contribution < -0.4 is 4.74 Å². The molecule has 3 nitrogen and oxygen atoms in total. The minimum absolute atomic E-state index is 0.0309. The molecule has 0 atom stereocenters. The third-order valence-corrected chi connectivity index (χ3v) is 1.87. The minimum Gasteiger partial charge on any atom is -0.504 e. The third-order valence-electron chi connectivity index (χ3n) is 1.87. The highest BCUT2D eigenvalue weighted by Gasteiger charge is 2.00. The standard InChI is InChI=1S/C11H14O3/c1-8(7-12)5-9-3-4-10(13)11(6-9)14-2/h3-6,12-13H,7H2,1-2H3. The molecule has 0 aromatic heterocycles. The highest BCUT2D eigenvalue weighted by atomic mass is 16.5. The van der Waals surface area contributed by atoms with Crippen LogP contribution in [0.5, 0.6) is 11.5 Å². The summed E-state index contributed by atoms with van der Waals surface area (Å²) in [4.78, 5) is 0. The molecule has 0 saturated carbocycles. The molecule has 3 heteroatoms. The number of phenolic OH excluding ortho intramolecular Hbond substituents is 1. The maximum atomic E-state index is 9.33. The lowest BCUT2D eigenvalue weighted by Gasteiger charge is -2.04. The first kappa shape index (κ1) is 10.6. The lowest BCUT2D eigenvalue weighted by atomic mass is 10.1. The number of hydrogen-bond donors (Lipinski definition) is 2. The number of aliphatic hydroxyl groups excluding tert-OH is 1. The van der Waals surface area contributed by atoms with E-state index >= 15 is 0 Å². The normalized spacial score (nSPS) is 11.5. The molecule has 0 unspecified atom stereocenters. The Labute approximate surface area is 83.3 Å². The van der Waals surface area contributed by atoms with Crippen molar-refractivity contribution >= 4 is 6.08 Å². The molecule has 0 heterocycles. The van der Waals surface area contributed by atoms with Gasteiger partial charge in [0.1, 0.15) is 0 Å². The van der Waals surface area contributed by atoms with Crippen molar-refractivity contribution in [2.24, 2.45) is 0 Å². The Morgan fingerprint density at radius 3 is 2.79 bits per heavy atom. The van der Waals surface area contributed by atoms with Gasteiger partial charge in [-0.05, 0) is 30.2 Å². The summed E-state index contributed by atoms with van der Waals surface area (Å²) in [5.74, 6) is 0.552. The summed E-state index contributed by atoms with van der Waals surface area (Å²) in [6.45, 7) is 1.86. The number of hydrogen-bond acceptors (Lipinski definition) is 3. The van der Waals surface area contributed by atoms with Crippen molar-refractivity contribution in [3.05, 3.63) is 29.3 Å². The summed E-state index contributed by atoms with van der Waals surface area (Å²) in [5.41, 5.74) is 1.75. The maximum absolute atomic E-state index is 9.33. The maximum Gasteiger partial charge on any atom is 0.161 e. The molecule has 0 aliphatic carbocycles. The Morgan fingerprint density at radius 1 is 1.50 bits per heavy atom. The van der Waals surface area contributed by atoms with Gasteiger partial charge in [0.2, 0.25) is 0 Å². The number of aliphatic hydroxyl groups is 1. The largest absolute Gasteiger partial charge is 0.504 e. The Balaban J connectivity index is 3.01. The van der Waals surface area contributed by atoms with Gasteiger partial charge >= 0.3 is 0 Å². The molecule has 0 saturated heterocycles. The van der Waals surface area contributed by atoms with Gasteiger partial charge < -0.3 is 14.9 Å². The molecule has 0 spiro atoms. The van der Waals surface area contributed by atoms with E-state index in [2.05, 4.69) is 0 Å². The van der Waals surface area contributed by atoms with Crippen molar-refractivity contribution in [3.63, 3.8) is 0 Å². The first-order valence-electron chi connectivity index (χ1n) is 4.32. The van der Waals surface area contributed by atoms with Gasteiger partial charge in [-0.3, -0.25) is 0 Å². The van der Waals surface area contributed by atoms with Crippen LogP contribution in [-0.2, 0) is 0 Å². The molecule has 1 rings (SSSR count). The van der Waals surface area contributed by atoms with Gasteiger partial charge in [0.25, 0.3) is 0 Å². The molecule has 1 aromatic carbocycles. The average molecular weight is 194 g/mol. The van der Waals surface area contributed by atoms with Crippen LogP contribution in [-0.4, -0.2) is 23.9 Å². The molecule has 0 fully saturated rings. The lowest BCUT2D eigenvalue weighted by molar-refractivity contribution is 0.332. The predicted molar refractivity (Wildman–Crippen MR) is 55.4 cm³/mol. The van der Waals surface area contributed by atoms with Crippen molar-refractivity contribution in [1.82, 2.24) is 0 Å². The van der Waals surface area contributed by atoms with Gasteiger partial charge in [0.05, 0.1) is 13.7 Å². The smallest absolute Gasteiger partial charge is 0.161 e. The zero-order valence-corrected chi connectivity index (χ0v) is 8.32. The van der Waals surface area contributed by atoms with E-state index in [9.17, 15) is 5.11 Å². The first-order chi connectivity index (χ1) is 6.67. The fraction of sp³-hybridized carbons (Fsp3) is 0.273. The molecule has 0 radical (unpaired) electrons. The van der Waals surface area contributed by atoms with Crippen molar-refractivity contribution in [1.29, 1.82) is 0 Å². The molecule has 0 aliphatic rings. The second kappa shape index (κ2) is 4.67. The fourth-order valence-corrected chi connectivity index (χ4v) is 1.11. The van der Waals surface area contributed by atoms with Gasteiger partial charge in [0, 0.05) is 0 Å². The summed E-state index contributed by atoms with van der Waals surface area (Å²) in [6.07, 6.45) is 1.84. The van der Waals surface area contributed by atoms with Crippen molar-refractivity contribution in [3.8, 4) is 11.5 Å². The van der Waals surface area contributed by atoms with Crippen LogP contribution >= 0.6 is 0 Å². The number of phenols is 1. The molecule has 0 amide bonds. The van der Waals surface area contributed by atoms with Crippen LogP contribution in [0.4, 0.5) is 0 Å². The summed E-state index contributed by atoms with van der Waals surface area (Å²) < 4.78 is 4.96. The molecule has 1 aromatic rings. The summed E-state index contributed by atoms with van der Waals surface area (Å²) in [6, 6.07) is 5.04. The summed E-state index contributed by atoms with van der Waals surface area (Å²) in [7, 11) is 1.50. The predicted octanol–water partition coefficient (Wildman–Crippen LogP) is 1.80. The van der Waals surface area contributed by atoms with E-state index in [0.717, 1.165) is 11.1 Å². The van der Waals surface area contributed by atoms with Crippen molar-refractivity contribution in [2.75, 3.05) is 13.7 Å². The number of rotatable bonds is 3. The first-order valence-corrected chi connectivity index (χ1v) is 4.32. The molecule has 76 valence electrons. The number of benzene rings is 1. The molecular formula is C11H14O3. The van der Waals surface area contributed by atoms with Crippen LogP contribution in [0, 0.1) is 0 Å². The Hall–Kier alpha value is -1.48. The second-order valence-electron chi connectivity index (χ2n) is 3.08. The fourth-order valence-electron chi connectivity index (χ4n) is 1.11. The molecule has 0 bridgehead atoms. The van der Waals surface area contributed by atoms with E-state index in [4.69, 9.17) is 9.84 Å². The van der Waals surface area contributed by atoms with Crippen molar-refractivity contribution in [2.45, 2.75) is 6.92 Å². The number of aromatic hydroxyl groups is 1. The highest BCUT2D eigenvalue weighted by molar-refractivity contribution is 5.57. The molecule has 0 aliphatic heterocycles.